The molecule has 34 heavy (non-hydrogen) atoms. The van der Waals surface area contributed by atoms with E-state index in [4.69, 9.17) is 28.2 Å². The van der Waals surface area contributed by atoms with Crippen LogP contribution in [0.4, 0.5) is 10.1 Å². The van der Waals surface area contributed by atoms with Crippen LogP contribution in [0.15, 0.2) is 70.5 Å². The van der Waals surface area contributed by atoms with Crippen LogP contribution in [0.2, 0.25) is 10.0 Å². The van der Waals surface area contributed by atoms with Gasteiger partial charge in [0.25, 0.3) is 0 Å². The second-order valence-electron chi connectivity index (χ2n) is 8.88. The van der Waals surface area contributed by atoms with E-state index >= 15 is 0 Å². The third-order valence-electron chi connectivity index (χ3n) is 7.08. The lowest BCUT2D eigenvalue weighted by molar-refractivity contribution is 0.291. The number of halogens is 3. The molecule has 3 heterocycles. The van der Waals surface area contributed by atoms with Crippen LogP contribution >= 0.6 is 23.2 Å². The van der Waals surface area contributed by atoms with Gasteiger partial charge in [-0.2, -0.15) is 5.10 Å². The van der Waals surface area contributed by atoms with E-state index in [1.165, 1.54) is 12.1 Å². The van der Waals surface area contributed by atoms with E-state index in [0.717, 1.165) is 22.4 Å². The number of nitrogens with one attached hydrogen (secondary N) is 1. The van der Waals surface area contributed by atoms with Crippen LogP contribution in [-0.2, 0) is 11.8 Å². The smallest absolute Gasteiger partial charge is 0.270 e. The van der Waals surface area contributed by atoms with Gasteiger partial charge in [0.2, 0.25) is 0 Å². The highest BCUT2D eigenvalue weighted by atomic mass is 35.5. The molecule has 1 aromatic heterocycles. The number of aryl methyl sites for hydroxylation is 1. The molecule has 2 aliphatic heterocycles. The largest absolute Gasteiger partial charge is 0.343 e. The number of fused-ring (bicyclic) bond motifs is 3. The average molecular weight is 493 g/mol. The Balaban J connectivity index is 1.73. The predicted molar refractivity (Wildman–Crippen MR) is 131 cm³/mol. The molecule has 6 rings (SSSR count). The molecule has 0 fully saturated rings. The summed E-state index contributed by atoms with van der Waals surface area (Å²) in [6, 6.07) is 17.4. The van der Waals surface area contributed by atoms with Gasteiger partial charge in [0.15, 0.2) is 0 Å². The van der Waals surface area contributed by atoms with Crippen molar-refractivity contribution in [3.8, 4) is 0 Å². The summed E-state index contributed by atoms with van der Waals surface area (Å²) in [7, 11) is 0. The molecule has 0 aliphatic carbocycles. The normalized spacial score (nSPS) is 22.7. The Hall–Kier alpha value is -3.22. The summed E-state index contributed by atoms with van der Waals surface area (Å²) in [6.45, 7) is 1.92. The Morgan fingerprint density at radius 1 is 1.09 bits per heavy atom. The Labute approximate surface area is 204 Å². The van der Waals surface area contributed by atoms with E-state index in [0.29, 0.717) is 27.9 Å². The van der Waals surface area contributed by atoms with E-state index in [1.807, 2.05) is 55.6 Å². The van der Waals surface area contributed by atoms with Crippen molar-refractivity contribution in [2.45, 2.75) is 30.7 Å². The summed E-state index contributed by atoms with van der Waals surface area (Å²) in [5.74, 6) is 0.0582. The number of aliphatic imine (C=N–C) groups is 1. The molecular formula is C26H19Cl2FN4O. The standard InChI is InChI=1S/C26H19Cl2FN4O/c1-14-5-7-18(29)11-19(14)24-26(13-30-22-10-17(28)6-8-20(22)26)21(15-3-2-4-16(27)9-15)12-23-31-32-25(34)33(23)24/h2-11,13,21,24H,12H2,1H3,(H,32,34)/t21-,24+,26+/m0/s1. The summed E-state index contributed by atoms with van der Waals surface area (Å²) < 4.78 is 16.3. The fourth-order valence-electron chi connectivity index (χ4n) is 5.64. The molecule has 8 heteroatoms. The summed E-state index contributed by atoms with van der Waals surface area (Å²) in [5, 5.41) is 8.13. The van der Waals surface area contributed by atoms with Gasteiger partial charge in [-0.25, -0.2) is 14.3 Å². The lowest BCUT2D eigenvalue weighted by Gasteiger charge is -2.47. The zero-order valence-electron chi connectivity index (χ0n) is 18.1. The molecule has 0 amide bonds. The Kier molecular flexibility index (Phi) is 4.80. The molecule has 0 saturated heterocycles. The zero-order chi connectivity index (χ0) is 23.6. The molecule has 0 saturated carbocycles. The first-order chi connectivity index (χ1) is 16.4. The van der Waals surface area contributed by atoms with Crippen molar-refractivity contribution in [2.75, 3.05) is 0 Å². The Morgan fingerprint density at radius 3 is 2.74 bits per heavy atom. The topological polar surface area (TPSA) is 63.0 Å². The molecule has 1 N–H and O–H groups in total. The Bertz CT molecular complexity index is 1540. The van der Waals surface area contributed by atoms with Gasteiger partial charge in [0.1, 0.15) is 11.6 Å². The summed E-state index contributed by atoms with van der Waals surface area (Å²) in [6.07, 6.45) is 2.37. The number of benzene rings is 3. The van der Waals surface area contributed by atoms with Gasteiger partial charge in [-0.1, -0.05) is 47.5 Å². The van der Waals surface area contributed by atoms with Crippen LogP contribution in [0.1, 0.15) is 40.0 Å². The molecule has 3 aromatic carbocycles. The summed E-state index contributed by atoms with van der Waals surface area (Å²) >= 11 is 12.7. The lowest BCUT2D eigenvalue weighted by Crippen LogP contribution is -2.50. The number of aromatic nitrogens is 3. The molecule has 4 aromatic rings. The average Bonchev–Trinajstić information content (AvgIpc) is 3.36. The Morgan fingerprint density at radius 2 is 1.91 bits per heavy atom. The number of nitrogens with zero attached hydrogens (tertiary/aromatic N) is 3. The minimum atomic E-state index is -0.802. The minimum Gasteiger partial charge on any atom is -0.270 e. The van der Waals surface area contributed by atoms with E-state index in [-0.39, 0.29) is 17.4 Å². The van der Waals surface area contributed by atoms with Gasteiger partial charge in [0.05, 0.1) is 17.1 Å². The lowest BCUT2D eigenvalue weighted by atomic mass is 9.60. The maximum Gasteiger partial charge on any atom is 0.343 e. The molecule has 5 nitrogen and oxygen atoms in total. The van der Waals surface area contributed by atoms with Crippen LogP contribution in [0.25, 0.3) is 0 Å². The van der Waals surface area contributed by atoms with Crippen LogP contribution < -0.4 is 5.69 Å². The number of hydrogen-bond acceptors (Lipinski definition) is 3. The van der Waals surface area contributed by atoms with Crippen molar-refractivity contribution in [1.29, 1.82) is 0 Å². The molecule has 3 atom stereocenters. The van der Waals surface area contributed by atoms with Gasteiger partial charge >= 0.3 is 5.69 Å². The van der Waals surface area contributed by atoms with Crippen molar-refractivity contribution in [2.24, 2.45) is 4.99 Å². The molecule has 170 valence electrons. The minimum absolute atomic E-state index is 0.173. The molecule has 0 unspecified atom stereocenters. The molecule has 0 bridgehead atoms. The highest BCUT2D eigenvalue weighted by Gasteiger charge is 2.55. The van der Waals surface area contributed by atoms with Crippen LogP contribution in [-0.4, -0.2) is 21.0 Å². The highest BCUT2D eigenvalue weighted by Crippen LogP contribution is 2.57. The fraction of sp³-hybridized carbons (Fsp3) is 0.192. The van der Waals surface area contributed by atoms with E-state index in [9.17, 15) is 9.18 Å². The quantitative estimate of drug-likeness (QED) is 0.378. The third kappa shape index (κ3) is 3.02. The molecular weight excluding hydrogens is 474 g/mol. The predicted octanol–water partition coefficient (Wildman–Crippen LogP) is 5.91. The summed E-state index contributed by atoms with van der Waals surface area (Å²) in [4.78, 5) is 17.9. The first-order valence-electron chi connectivity index (χ1n) is 10.9. The number of aromatic amines is 1. The van der Waals surface area contributed by atoms with E-state index < -0.39 is 11.5 Å². The third-order valence-corrected chi connectivity index (χ3v) is 7.55. The first kappa shape index (κ1) is 21.3. The molecule has 2 aliphatic rings. The van der Waals surface area contributed by atoms with Crippen molar-refractivity contribution >= 4 is 35.1 Å². The highest BCUT2D eigenvalue weighted by molar-refractivity contribution is 6.31. The number of hydrogen-bond donors (Lipinski definition) is 1. The van der Waals surface area contributed by atoms with Crippen molar-refractivity contribution in [3.05, 3.63) is 115 Å². The maximum absolute atomic E-state index is 14.6. The van der Waals surface area contributed by atoms with Crippen LogP contribution in [0, 0.1) is 12.7 Å². The van der Waals surface area contributed by atoms with E-state index in [2.05, 4.69) is 10.2 Å². The second kappa shape index (κ2) is 7.65. The fourth-order valence-corrected chi connectivity index (χ4v) is 6.01. The number of rotatable bonds is 2. The summed E-state index contributed by atoms with van der Waals surface area (Å²) in [5.41, 5.74) is 3.07. The molecule has 0 radical (unpaired) electrons. The van der Waals surface area contributed by atoms with Crippen LogP contribution in [0.5, 0.6) is 0 Å². The van der Waals surface area contributed by atoms with Crippen molar-refractivity contribution in [1.82, 2.24) is 14.8 Å². The van der Waals surface area contributed by atoms with Gasteiger partial charge in [-0.05, 0) is 65.6 Å². The SMILES string of the molecule is Cc1ccc(F)cc1[C@H]1n2c(n[nH]c2=O)C[C@@H](c2cccc(Cl)c2)[C@]12C=Nc1cc(Cl)ccc12. The molecule has 1 spiro atoms. The zero-order valence-corrected chi connectivity index (χ0v) is 19.6. The maximum atomic E-state index is 14.6. The van der Waals surface area contributed by atoms with Crippen molar-refractivity contribution in [3.63, 3.8) is 0 Å². The van der Waals surface area contributed by atoms with E-state index in [1.54, 1.807) is 10.6 Å². The second-order valence-corrected chi connectivity index (χ2v) is 9.76. The van der Waals surface area contributed by atoms with Gasteiger partial charge in [-0.3, -0.25) is 9.56 Å². The number of H-pyrrole nitrogens is 1. The van der Waals surface area contributed by atoms with Crippen molar-refractivity contribution < 1.29 is 4.39 Å². The monoisotopic (exact) mass is 492 g/mol. The van der Waals surface area contributed by atoms with Gasteiger partial charge in [0, 0.05) is 28.6 Å². The van der Waals surface area contributed by atoms with Crippen LogP contribution in [0.3, 0.4) is 0 Å². The van der Waals surface area contributed by atoms with Gasteiger partial charge < -0.3 is 0 Å². The van der Waals surface area contributed by atoms with Gasteiger partial charge in [-0.15, -0.1) is 0 Å². The first-order valence-corrected chi connectivity index (χ1v) is 11.7.